The first-order chi connectivity index (χ1) is 6.79. The summed E-state index contributed by atoms with van der Waals surface area (Å²) in [4.78, 5) is 2.27. The van der Waals surface area contributed by atoms with Crippen molar-refractivity contribution in [3.05, 3.63) is 35.4 Å². The number of fused-ring (bicyclic) bond motifs is 1. The highest BCUT2D eigenvalue weighted by atomic mass is 79.9. The van der Waals surface area contributed by atoms with Gasteiger partial charge in [0.05, 0.1) is 6.10 Å². The highest BCUT2D eigenvalue weighted by Crippen LogP contribution is 2.22. The molecule has 1 aliphatic rings. The van der Waals surface area contributed by atoms with Crippen molar-refractivity contribution in [2.24, 2.45) is 0 Å². The molecule has 0 bridgehead atoms. The predicted octanol–water partition coefficient (Wildman–Crippen LogP) is 1.76. The lowest BCUT2D eigenvalue weighted by atomic mass is 10.1. The molecule has 0 amide bonds. The number of benzene rings is 1. The number of aliphatic hydroxyl groups is 1. The Hall–Kier alpha value is -0.380. The van der Waals surface area contributed by atoms with Crippen LogP contribution >= 0.6 is 15.9 Å². The van der Waals surface area contributed by atoms with Gasteiger partial charge in [0.2, 0.25) is 0 Å². The second-order valence-electron chi connectivity index (χ2n) is 3.75. The van der Waals surface area contributed by atoms with Gasteiger partial charge in [0, 0.05) is 25.0 Å². The molecule has 14 heavy (non-hydrogen) atoms. The quantitative estimate of drug-likeness (QED) is 0.833. The third-order valence-electron chi connectivity index (χ3n) is 2.55. The average molecular weight is 256 g/mol. The van der Waals surface area contributed by atoms with Gasteiger partial charge in [-0.05, 0) is 11.1 Å². The molecule has 76 valence electrons. The van der Waals surface area contributed by atoms with Crippen LogP contribution in [0.15, 0.2) is 24.3 Å². The molecular formula is C11H14BrNO. The Morgan fingerprint density at radius 1 is 1.29 bits per heavy atom. The van der Waals surface area contributed by atoms with Crippen LogP contribution in [-0.2, 0) is 13.1 Å². The Balaban J connectivity index is 1.98. The van der Waals surface area contributed by atoms with E-state index in [0.29, 0.717) is 5.33 Å². The van der Waals surface area contributed by atoms with E-state index in [2.05, 4.69) is 45.1 Å². The summed E-state index contributed by atoms with van der Waals surface area (Å²) >= 11 is 3.28. The summed E-state index contributed by atoms with van der Waals surface area (Å²) in [5, 5.41) is 10.2. The molecule has 0 saturated carbocycles. The molecule has 1 N–H and O–H groups in total. The number of rotatable bonds is 3. The number of hydrogen-bond donors (Lipinski definition) is 1. The van der Waals surface area contributed by atoms with Crippen LogP contribution in [-0.4, -0.2) is 28.0 Å². The lowest BCUT2D eigenvalue weighted by molar-refractivity contribution is 0.130. The predicted molar refractivity (Wildman–Crippen MR) is 60.4 cm³/mol. The van der Waals surface area contributed by atoms with Gasteiger partial charge in [-0.25, -0.2) is 0 Å². The Kier molecular flexibility index (Phi) is 3.21. The Morgan fingerprint density at radius 2 is 1.86 bits per heavy atom. The van der Waals surface area contributed by atoms with Crippen LogP contribution in [0.25, 0.3) is 0 Å². The topological polar surface area (TPSA) is 23.5 Å². The Bertz CT molecular complexity index is 291. The molecule has 0 radical (unpaired) electrons. The molecule has 0 aliphatic carbocycles. The van der Waals surface area contributed by atoms with Gasteiger partial charge in [-0.1, -0.05) is 40.2 Å². The number of halogens is 1. The Labute approximate surface area is 92.7 Å². The minimum Gasteiger partial charge on any atom is -0.391 e. The van der Waals surface area contributed by atoms with Gasteiger partial charge in [0.15, 0.2) is 0 Å². The van der Waals surface area contributed by atoms with E-state index < -0.39 is 0 Å². The van der Waals surface area contributed by atoms with Gasteiger partial charge in [-0.2, -0.15) is 0 Å². The van der Waals surface area contributed by atoms with Crippen molar-refractivity contribution in [1.82, 2.24) is 4.90 Å². The van der Waals surface area contributed by atoms with Gasteiger partial charge in [0.1, 0.15) is 0 Å². The third kappa shape index (κ3) is 2.16. The number of nitrogens with zero attached hydrogens (tertiary/aromatic N) is 1. The van der Waals surface area contributed by atoms with Gasteiger partial charge in [-0.15, -0.1) is 0 Å². The van der Waals surface area contributed by atoms with Gasteiger partial charge in [0.25, 0.3) is 0 Å². The smallest absolute Gasteiger partial charge is 0.0763 e. The third-order valence-corrected chi connectivity index (χ3v) is 3.30. The van der Waals surface area contributed by atoms with Crippen molar-refractivity contribution < 1.29 is 5.11 Å². The van der Waals surface area contributed by atoms with Gasteiger partial charge >= 0.3 is 0 Å². The van der Waals surface area contributed by atoms with E-state index in [1.54, 1.807) is 0 Å². The van der Waals surface area contributed by atoms with Crippen LogP contribution in [0, 0.1) is 0 Å². The van der Waals surface area contributed by atoms with Crippen LogP contribution in [0.5, 0.6) is 0 Å². The molecule has 0 aromatic heterocycles. The summed E-state index contributed by atoms with van der Waals surface area (Å²) in [6.07, 6.45) is -0.260. The summed E-state index contributed by atoms with van der Waals surface area (Å²) in [5.41, 5.74) is 2.79. The summed E-state index contributed by atoms with van der Waals surface area (Å²) in [7, 11) is 0. The zero-order valence-corrected chi connectivity index (χ0v) is 9.57. The second kappa shape index (κ2) is 4.43. The van der Waals surface area contributed by atoms with Crippen molar-refractivity contribution in [2.45, 2.75) is 19.2 Å². The first-order valence-corrected chi connectivity index (χ1v) is 5.95. The van der Waals surface area contributed by atoms with E-state index in [9.17, 15) is 5.11 Å². The average Bonchev–Trinajstić information content (AvgIpc) is 2.59. The normalized spacial score (nSPS) is 18.1. The van der Waals surface area contributed by atoms with Crippen LogP contribution in [0.4, 0.5) is 0 Å². The van der Waals surface area contributed by atoms with Crippen molar-refractivity contribution in [3.8, 4) is 0 Å². The van der Waals surface area contributed by atoms with Crippen LogP contribution in [0.3, 0.4) is 0 Å². The van der Waals surface area contributed by atoms with Crippen molar-refractivity contribution >= 4 is 15.9 Å². The fraction of sp³-hybridized carbons (Fsp3) is 0.455. The van der Waals surface area contributed by atoms with E-state index in [1.807, 2.05) is 0 Å². The zero-order chi connectivity index (χ0) is 9.97. The molecule has 3 heteroatoms. The maximum Gasteiger partial charge on any atom is 0.0763 e. The zero-order valence-electron chi connectivity index (χ0n) is 7.99. The number of aliphatic hydroxyl groups excluding tert-OH is 1. The molecule has 0 spiro atoms. The van der Waals surface area contributed by atoms with Crippen LogP contribution in [0.2, 0.25) is 0 Å². The Morgan fingerprint density at radius 3 is 2.36 bits per heavy atom. The van der Waals surface area contributed by atoms with Gasteiger partial charge in [-0.3, -0.25) is 4.90 Å². The van der Waals surface area contributed by atoms with Crippen molar-refractivity contribution in [1.29, 1.82) is 0 Å². The number of hydrogen-bond acceptors (Lipinski definition) is 2. The first-order valence-electron chi connectivity index (χ1n) is 4.83. The molecule has 1 aliphatic heterocycles. The molecule has 1 aromatic rings. The molecular weight excluding hydrogens is 242 g/mol. The van der Waals surface area contributed by atoms with Crippen LogP contribution < -0.4 is 0 Å². The summed E-state index contributed by atoms with van der Waals surface area (Å²) in [6.45, 7) is 2.69. The molecule has 1 unspecified atom stereocenters. The summed E-state index contributed by atoms with van der Waals surface area (Å²) in [6, 6.07) is 8.47. The summed E-state index contributed by atoms with van der Waals surface area (Å²) < 4.78 is 0. The molecule has 0 fully saturated rings. The van der Waals surface area contributed by atoms with E-state index in [0.717, 1.165) is 19.6 Å². The number of β-amino-alcohol motifs (C(OH)–C–C–N with tert-alkyl or cyclic N) is 1. The molecule has 1 aromatic carbocycles. The lowest BCUT2D eigenvalue weighted by Gasteiger charge is -2.17. The largest absolute Gasteiger partial charge is 0.391 e. The molecule has 1 heterocycles. The second-order valence-corrected chi connectivity index (χ2v) is 4.39. The first kappa shape index (κ1) is 10.1. The minimum atomic E-state index is -0.260. The van der Waals surface area contributed by atoms with E-state index >= 15 is 0 Å². The SMILES string of the molecule is OC(CBr)CN1Cc2ccccc2C1. The van der Waals surface area contributed by atoms with Crippen molar-refractivity contribution in [3.63, 3.8) is 0 Å². The molecule has 2 nitrogen and oxygen atoms in total. The molecule has 2 rings (SSSR count). The standard InChI is InChI=1S/C11H14BrNO/c12-5-11(14)8-13-6-9-3-1-2-4-10(9)7-13/h1-4,11,14H,5-8H2. The monoisotopic (exact) mass is 255 g/mol. The maximum absolute atomic E-state index is 9.51. The van der Waals surface area contributed by atoms with E-state index in [4.69, 9.17) is 0 Å². The number of alkyl halides is 1. The van der Waals surface area contributed by atoms with E-state index in [1.165, 1.54) is 11.1 Å². The van der Waals surface area contributed by atoms with Crippen molar-refractivity contribution in [2.75, 3.05) is 11.9 Å². The van der Waals surface area contributed by atoms with Crippen LogP contribution in [0.1, 0.15) is 11.1 Å². The molecule has 1 atom stereocenters. The maximum atomic E-state index is 9.51. The minimum absolute atomic E-state index is 0.260. The summed E-state index contributed by atoms with van der Waals surface area (Å²) in [5.74, 6) is 0. The van der Waals surface area contributed by atoms with E-state index in [-0.39, 0.29) is 6.10 Å². The fourth-order valence-electron chi connectivity index (χ4n) is 1.88. The highest BCUT2D eigenvalue weighted by molar-refractivity contribution is 9.09. The highest BCUT2D eigenvalue weighted by Gasteiger charge is 2.19. The van der Waals surface area contributed by atoms with Gasteiger partial charge < -0.3 is 5.11 Å². The fourth-order valence-corrected chi connectivity index (χ4v) is 2.08. The molecule has 0 saturated heterocycles. The lowest BCUT2D eigenvalue weighted by Crippen LogP contribution is -2.29.